The van der Waals surface area contributed by atoms with Gasteiger partial charge in [-0.05, 0) is 61.0 Å². The fraction of sp³-hybridized carbons (Fsp3) is 0.593. The number of hydrogen-bond donors (Lipinski definition) is 0. The van der Waals surface area contributed by atoms with E-state index in [-0.39, 0.29) is 23.0 Å². The third-order valence-corrected chi connectivity index (χ3v) is 12.3. The van der Waals surface area contributed by atoms with Crippen LogP contribution in [0.5, 0.6) is 0 Å². The number of carbonyl (C=O) groups is 1. The fourth-order valence-electron chi connectivity index (χ4n) is 3.88. The second-order valence-corrected chi connectivity index (χ2v) is 16.6. The van der Waals surface area contributed by atoms with Crippen molar-refractivity contribution in [1.29, 1.82) is 0 Å². The lowest BCUT2D eigenvalue weighted by atomic mass is 9.93. The van der Waals surface area contributed by atoms with Crippen LogP contribution < -0.4 is 0 Å². The standard InChI is InChI=1S/C27H42O3SSi/c1-19(2)25(30-32(8,9)27(4,5)6)20(3)18-24(31-21-14-11-10-12-15-21)22-16-13-17-23(22)26(28)29-7/h10-12,14-15,18-20,25H,13,16-17H2,1-9H3/b24-18-/t20-,25+/m0/s1. The zero-order valence-electron chi connectivity index (χ0n) is 21.5. The van der Waals surface area contributed by atoms with Crippen molar-refractivity contribution in [2.75, 3.05) is 7.11 Å². The van der Waals surface area contributed by atoms with Crippen molar-refractivity contribution in [1.82, 2.24) is 0 Å². The minimum absolute atomic E-state index is 0.130. The summed E-state index contributed by atoms with van der Waals surface area (Å²) in [5.41, 5.74) is 1.98. The van der Waals surface area contributed by atoms with Gasteiger partial charge in [-0.1, -0.05) is 77.6 Å². The maximum Gasteiger partial charge on any atom is 0.334 e. The molecule has 2 rings (SSSR count). The summed E-state index contributed by atoms with van der Waals surface area (Å²) in [6.45, 7) is 18.3. The molecule has 1 aromatic rings. The van der Waals surface area contributed by atoms with E-state index < -0.39 is 8.32 Å². The topological polar surface area (TPSA) is 35.5 Å². The van der Waals surface area contributed by atoms with Gasteiger partial charge in [0.2, 0.25) is 0 Å². The van der Waals surface area contributed by atoms with Crippen molar-refractivity contribution >= 4 is 26.0 Å². The summed E-state index contributed by atoms with van der Waals surface area (Å²) in [7, 11) is -0.434. The van der Waals surface area contributed by atoms with Gasteiger partial charge in [0.05, 0.1) is 13.2 Å². The lowest BCUT2D eigenvalue weighted by Crippen LogP contribution is -2.46. The Kier molecular flexibility index (Phi) is 9.44. The molecule has 1 aromatic carbocycles. The Balaban J connectivity index is 2.46. The first kappa shape index (κ1) is 26.9. The van der Waals surface area contributed by atoms with Gasteiger partial charge >= 0.3 is 5.97 Å². The molecule has 32 heavy (non-hydrogen) atoms. The molecule has 0 aliphatic heterocycles. The summed E-state index contributed by atoms with van der Waals surface area (Å²) < 4.78 is 12.0. The lowest BCUT2D eigenvalue weighted by molar-refractivity contribution is -0.136. The molecular formula is C27H42O3SSi. The Bertz CT molecular complexity index is 834. The van der Waals surface area contributed by atoms with Crippen LogP contribution in [0.3, 0.4) is 0 Å². The average molecular weight is 475 g/mol. The molecule has 0 amide bonds. The molecular weight excluding hydrogens is 432 g/mol. The molecule has 0 spiro atoms. The van der Waals surface area contributed by atoms with Crippen molar-refractivity contribution < 1.29 is 14.0 Å². The number of thioether (sulfide) groups is 1. The van der Waals surface area contributed by atoms with E-state index in [1.165, 1.54) is 16.9 Å². The second kappa shape index (κ2) is 11.2. The first-order chi connectivity index (χ1) is 14.9. The molecule has 0 fully saturated rings. The average Bonchev–Trinajstić information content (AvgIpc) is 3.20. The Morgan fingerprint density at radius 2 is 1.66 bits per heavy atom. The summed E-state index contributed by atoms with van der Waals surface area (Å²) in [6, 6.07) is 10.4. The van der Waals surface area contributed by atoms with Gasteiger partial charge in [-0.2, -0.15) is 0 Å². The van der Waals surface area contributed by atoms with Gasteiger partial charge in [-0.25, -0.2) is 4.79 Å². The number of benzene rings is 1. The van der Waals surface area contributed by atoms with E-state index >= 15 is 0 Å². The van der Waals surface area contributed by atoms with E-state index in [9.17, 15) is 4.79 Å². The van der Waals surface area contributed by atoms with E-state index in [2.05, 4.69) is 85.0 Å². The van der Waals surface area contributed by atoms with Crippen LogP contribution in [0.1, 0.15) is 60.8 Å². The monoisotopic (exact) mass is 474 g/mol. The molecule has 178 valence electrons. The van der Waals surface area contributed by atoms with E-state index in [4.69, 9.17) is 9.16 Å². The maximum absolute atomic E-state index is 12.5. The number of methoxy groups -OCH3 is 1. The Morgan fingerprint density at radius 1 is 1.06 bits per heavy atom. The molecule has 0 unspecified atom stereocenters. The van der Waals surface area contributed by atoms with E-state index in [1.54, 1.807) is 11.8 Å². The van der Waals surface area contributed by atoms with Gasteiger partial charge in [0.15, 0.2) is 8.32 Å². The van der Waals surface area contributed by atoms with Crippen LogP contribution in [-0.2, 0) is 14.0 Å². The van der Waals surface area contributed by atoms with Crippen molar-refractivity contribution in [3.05, 3.63) is 52.5 Å². The number of rotatable bonds is 9. The zero-order valence-corrected chi connectivity index (χ0v) is 23.3. The molecule has 0 saturated heterocycles. The normalized spacial score (nSPS) is 17.6. The van der Waals surface area contributed by atoms with Crippen molar-refractivity contribution in [3.8, 4) is 0 Å². The minimum Gasteiger partial charge on any atom is -0.466 e. The summed E-state index contributed by atoms with van der Waals surface area (Å²) >= 11 is 1.75. The van der Waals surface area contributed by atoms with Gasteiger partial charge in [-0.15, -0.1) is 0 Å². The largest absolute Gasteiger partial charge is 0.466 e. The zero-order chi connectivity index (χ0) is 24.1. The predicted molar refractivity (Wildman–Crippen MR) is 139 cm³/mol. The van der Waals surface area contributed by atoms with Gasteiger partial charge < -0.3 is 9.16 Å². The van der Waals surface area contributed by atoms with E-state index in [0.717, 1.165) is 30.4 Å². The van der Waals surface area contributed by atoms with Crippen molar-refractivity contribution in [3.63, 3.8) is 0 Å². The molecule has 0 saturated carbocycles. The number of esters is 1. The molecule has 0 radical (unpaired) electrons. The summed E-state index contributed by atoms with van der Waals surface area (Å²) in [6.07, 6.45) is 5.18. The van der Waals surface area contributed by atoms with Crippen LogP contribution in [0.25, 0.3) is 0 Å². The van der Waals surface area contributed by atoms with Crippen LogP contribution >= 0.6 is 11.8 Å². The fourth-order valence-corrected chi connectivity index (χ4v) is 6.58. The molecule has 0 N–H and O–H groups in total. The van der Waals surface area contributed by atoms with Gasteiger partial charge in [-0.3, -0.25) is 0 Å². The van der Waals surface area contributed by atoms with Crippen molar-refractivity contribution in [2.24, 2.45) is 11.8 Å². The summed E-state index contributed by atoms with van der Waals surface area (Å²) in [5, 5.41) is 0.164. The molecule has 3 nitrogen and oxygen atoms in total. The number of allylic oxidation sites excluding steroid dienone is 1. The molecule has 1 aliphatic rings. The first-order valence-electron chi connectivity index (χ1n) is 11.8. The highest BCUT2D eigenvalue weighted by atomic mass is 32.2. The highest BCUT2D eigenvalue weighted by Crippen LogP contribution is 2.43. The smallest absolute Gasteiger partial charge is 0.334 e. The molecule has 5 heteroatoms. The second-order valence-electron chi connectivity index (χ2n) is 10.7. The Hall–Kier alpha value is -1.30. The molecule has 0 aromatic heterocycles. The third-order valence-electron chi connectivity index (χ3n) is 6.74. The summed E-state index contributed by atoms with van der Waals surface area (Å²) in [5.74, 6) is 0.431. The minimum atomic E-state index is -1.91. The van der Waals surface area contributed by atoms with Crippen LogP contribution in [0.15, 0.2) is 57.4 Å². The maximum atomic E-state index is 12.5. The number of ether oxygens (including phenoxy) is 1. The molecule has 0 heterocycles. The Morgan fingerprint density at radius 3 is 2.19 bits per heavy atom. The van der Waals surface area contributed by atoms with Crippen LogP contribution in [0.2, 0.25) is 18.1 Å². The summed E-state index contributed by atoms with van der Waals surface area (Å²) in [4.78, 5) is 14.8. The highest BCUT2D eigenvalue weighted by Gasteiger charge is 2.40. The van der Waals surface area contributed by atoms with E-state index in [1.807, 2.05) is 6.07 Å². The van der Waals surface area contributed by atoms with Crippen LogP contribution in [0.4, 0.5) is 0 Å². The number of carbonyl (C=O) groups excluding carboxylic acids is 1. The van der Waals surface area contributed by atoms with Gasteiger partial charge in [0.1, 0.15) is 0 Å². The van der Waals surface area contributed by atoms with Crippen molar-refractivity contribution in [2.45, 2.75) is 89.9 Å². The van der Waals surface area contributed by atoms with Crippen LogP contribution in [0, 0.1) is 11.8 Å². The SMILES string of the molecule is COC(=O)C1=C(/C(=C/[C@H](C)[C@H](O[Si](C)(C)C(C)(C)C)C(C)C)Sc2ccccc2)CCC1. The predicted octanol–water partition coefficient (Wildman–Crippen LogP) is 8.00. The van der Waals surface area contributed by atoms with Gasteiger partial charge in [0, 0.05) is 21.3 Å². The molecule has 1 aliphatic carbocycles. The quantitative estimate of drug-likeness (QED) is 0.206. The molecule has 0 bridgehead atoms. The first-order valence-corrected chi connectivity index (χ1v) is 15.5. The highest BCUT2D eigenvalue weighted by molar-refractivity contribution is 8.03. The Labute approximate surface area is 201 Å². The molecule has 2 atom stereocenters. The van der Waals surface area contributed by atoms with Crippen LogP contribution in [-0.4, -0.2) is 27.5 Å². The third kappa shape index (κ3) is 6.85. The number of hydrogen-bond acceptors (Lipinski definition) is 4. The van der Waals surface area contributed by atoms with E-state index in [0.29, 0.717) is 5.92 Å². The lowest BCUT2D eigenvalue weighted by Gasteiger charge is -2.42. The van der Waals surface area contributed by atoms with Gasteiger partial charge in [0.25, 0.3) is 0 Å².